The predicted molar refractivity (Wildman–Crippen MR) is 89.8 cm³/mol. The molecule has 2 aromatic carbocycles. The van der Waals surface area contributed by atoms with Crippen molar-refractivity contribution in [3.05, 3.63) is 70.3 Å². The van der Waals surface area contributed by atoms with Gasteiger partial charge >= 0.3 is 0 Å². The molecule has 0 bridgehead atoms. The van der Waals surface area contributed by atoms with Crippen molar-refractivity contribution < 1.29 is 4.74 Å². The molecule has 2 nitrogen and oxygen atoms in total. The second-order valence-corrected chi connectivity index (χ2v) is 5.82. The topological polar surface area (TPSA) is 22.1 Å². The van der Waals surface area contributed by atoms with Crippen LogP contribution in [0.1, 0.15) is 11.3 Å². The van der Waals surface area contributed by atoms with Gasteiger partial charge in [0.1, 0.15) is 5.75 Å². The number of hydrogen-bond donors (Lipinski definition) is 0. The van der Waals surface area contributed by atoms with E-state index in [0.717, 1.165) is 34.3 Å². The summed E-state index contributed by atoms with van der Waals surface area (Å²) in [4.78, 5) is 4.71. The number of halogens is 1. The third-order valence-corrected chi connectivity index (χ3v) is 4.16. The molecule has 1 aromatic heterocycles. The lowest BCUT2D eigenvalue weighted by Crippen LogP contribution is -1.95. The lowest BCUT2D eigenvalue weighted by atomic mass is 10.1. The van der Waals surface area contributed by atoms with Crippen LogP contribution in [0.4, 0.5) is 0 Å². The lowest BCUT2D eigenvalue weighted by Gasteiger charge is -2.07. The second-order valence-electron chi connectivity index (χ2n) is 4.96. The molecule has 0 atom stereocenters. The third-order valence-electron chi connectivity index (χ3n) is 3.54. The maximum atomic E-state index is 5.25. The Morgan fingerprint density at radius 2 is 1.86 bits per heavy atom. The number of para-hydroxylation sites is 1. The molecule has 0 aliphatic heterocycles. The highest BCUT2D eigenvalue weighted by Gasteiger charge is 2.03. The number of nitrogens with zero attached hydrogens (tertiary/aromatic N) is 1. The maximum Gasteiger partial charge on any atom is 0.133 e. The van der Waals surface area contributed by atoms with Gasteiger partial charge in [-0.2, -0.15) is 0 Å². The van der Waals surface area contributed by atoms with Crippen LogP contribution in [0, 0.1) is 0 Å². The zero-order valence-electron chi connectivity index (χ0n) is 11.8. The number of pyridine rings is 1. The van der Waals surface area contributed by atoms with Crippen LogP contribution in [-0.2, 0) is 12.8 Å². The zero-order valence-corrected chi connectivity index (χ0v) is 13.4. The van der Waals surface area contributed by atoms with Gasteiger partial charge in [-0.25, -0.2) is 0 Å². The number of aryl methyl sites for hydroxylation is 2. The monoisotopic (exact) mass is 341 g/mol. The fourth-order valence-electron chi connectivity index (χ4n) is 2.39. The van der Waals surface area contributed by atoms with Crippen molar-refractivity contribution in [1.82, 2.24) is 4.98 Å². The fourth-order valence-corrected chi connectivity index (χ4v) is 2.97. The van der Waals surface area contributed by atoms with Gasteiger partial charge in [0.15, 0.2) is 0 Å². The molecule has 0 aliphatic carbocycles. The molecular formula is C18H16BrNO. The van der Waals surface area contributed by atoms with Crippen LogP contribution < -0.4 is 4.74 Å². The molecule has 106 valence electrons. The smallest absolute Gasteiger partial charge is 0.133 e. The Balaban J connectivity index is 1.75. The number of rotatable bonds is 4. The first-order chi connectivity index (χ1) is 10.3. The molecular weight excluding hydrogens is 326 g/mol. The van der Waals surface area contributed by atoms with E-state index in [9.17, 15) is 0 Å². The summed E-state index contributed by atoms with van der Waals surface area (Å²) >= 11 is 3.53. The molecule has 0 unspecified atom stereocenters. The average molecular weight is 342 g/mol. The Bertz CT molecular complexity index is 770. The Hall–Kier alpha value is -1.87. The highest BCUT2D eigenvalue weighted by atomic mass is 79.9. The molecule has 0 aliphatic rings. The summed E-state index contributed by atoms with van der Waals surface area (Å²) in [5.74, 6) is 0.864. The van der Waals surface area contributed by atoms with E-state index in [2.05, 4.69) is 52.3 Å². The normalized spacial score (nSPS) is 10.8. The number of fused-ring (bicyclic) bond motifs is 1. The first-order valence-electron chi connectivity index (χ1n) is 6.93. The highest BCUT2D eigenvalue weighted by molar-refractivity contribution is 9.10. The van der Waals surface area contributed by atoms with Gasteiger partial charge < -0.3 is 4.74 Å². The third kappa shape index (κ3) is 3.24. The van der Waals surface area contributed by atoms with Crippen molar-refractivity contribution in [2.24, 2.45) is 0 Å². The highest BCUT2D eigenvalue weighted by Crippen LogP contribution is 2.26. The van der Waals surface area contributed by atoms with Gasteiger partial charge in [0, 0.05) is 11.1 Å². The summed E-state index contributed by atoms with van der Waals surface area (Å²) in [6, 6.07) is 18.7. The molecule has 3 aromatic rings. The molecule has 0 saturated heterocycles. The molecule has 0 spiro atoms. The largest absolute Gasteiger partial charge is 0.496 e. The second kappa shape index (κ2) is 6.27. The molecule has 0 saturated carbocycles. The zero-order chi connectivity index (χ0) is 14.7. The van der Waals surface area contributed by atoms with E-state index < -0.39 is 0 Å². The van der Waals surface area contributed by atoms with E-state index in [1.54, 1.807) is 7.11 Å². The number of methoxy groups -OCH3 is 1. The van der Waals surface area contributed by atoms with Gasteiger partial charge in [-0.05, 0) is 58.6 Å². The first kappa shape index (κ1) is 14.1. The van der Waals surface area contributed by atoms with Gasteiger partial charge in [-0.3, -0.25) is 4.98 Å². The minimum Gasteiger partial charge on any atom is -0.496 e. The predicted octanol–water partition coefficient (Wildman–Crippen LogP) is 4.79. The molecule has 1 heterocycles. The Labute approximate surface area is 132 Å². The van der Waals surface area contributed by atoms with E-state index in [0.29, 0.717) is 0 Å². The standard InChI is InChI=1S/C18H16BrNO/c1-21-18-11-7-13(12-16(18)19)6-9-15-10-8-14-4-2-3-5-17(14)20-15/h2-5,7-8,10-12H,6,9H2,1H3. The summed E-state index contributed by atoms with van der Waals surface area (Å²) in [6.45, 7) is 0. The minimum absolute atomic E-state index is 0.864. The van der Waals surface area contributed by atoms with E-state index in [1.165, 1.54) is 10.9 Å². The van der Waals surface area contributed by atoms with Crippen molar-refractivity contribution in [3.8, 4) is 5.75 Å². The number of hydrogen-bond acceptors (Lipinski definition) is 2. The van der Waals surface area contributed by atoms with Crippen LogP contribution >= 0.6 is 15.9 Å². The summed E-state index contributed by atoms with van der Waals surface area (Å²) in [6.07, 6.45) is 1.90. The number of aromatic nitrogens is 1. The molecule has 3 heteroatoms. The van der Waals surface area contributed by atoms with E-state index in [4.69, 9.17) is 9.72 Å². The van der Waals surface area contributed by atoms with Crippen molar-refractivity contribution >= 4 is 26.8 Å². The van der Waals surface area contributed by atoms with Crippen LogP contribution in [0.5, 0.6) is 5.75 Å². The van der Waals surface area contributed by atoms with Gasteiger partial charge in [0.2, 0.25) is 0 Å². The minimum atomic E-state index is 0.864. The van der Waals surface area contributed by atoms with Crippen molar-refractivity contribution in [2.45, 2.75) is 12.8 Å². The van der Waals surface area contributed by atoms with Crippen molar-refractivity contribution in [1.29, 1.82) is 0 Å². The Kier molecular flexibility index (Phi) is 4.20. The number of benzene rings is 2. The van der Waals surface area contributed by atoms with Crippen molar-refractivity contribution in [2.75, 3.05) is 7.11 Å². The van der Waals surface area contributed by atoms with Gasteiger partial charge in [0.05, 0.1) is 17.1 Å². The molecule has 0 N–H and O–H groups in total. The molecule has 3 rings (SSSR count). The van der Waals surface area contributed by atoms with E-state index in [-0.39, 0.29) is 0 Å². The Morgan fingerprint density at radius 3 is 2.67 bits per heavy atom. The van der Waals surface area contributed by atoms with E-state index >= 15 is 0 Å². The van der Waals surface area contributed by atoms with Gasteiger partial charge in [0.25, 0.3) is 0 Å². The van der Waals surface area contributed by atoms with Crippen LogP contribution in [0.3, 0.4) is 0 Å². The lowest BCUT2D eigenvalue weighted by molar-refractivity contribution is 0.412. The van der Waals surface area contributed by atoms with Crippen LogP contribution in [0.2, 0.25) is 0 Å². The van der Waals surface area contributed by atoms with Gasteiger partial charge in [-0.1, -0.05) is 30.3 Å². The number of ether oxygens (including phenoxy) is 1. The average Bonchev–Trinajstić information content (AvgIpc) is 2.53. The van der Waals surface area contributed by atoms with Crippen molar-refractivity contribution in [3.63, 3.8) is 0 Å². The summed E-state index contributed by atoms with van der Waals surface area (Å²) < 4.78 is 6.25. The van der Waals surface area contributed by atoms with Crippen LogP contribution in [0.15, 0.2) is 59.1 Å². The summed E-state index contributed by atoms with van der Waals surface area (Å²) in [7, 11) is 1.68. The molecule has 0 radical (unpaired) electrons. The van der Waals surface area contributed by atoms with Gasteiger partial charge in [-0.15, -0.1) is 0 Å². The van der Waals surface area contributed by atoms with Crippen LogP contribution in [0.25, 0.3) is 10.9 Å². The maximum absolute atomic E-state index is 5.25. The molecule has 21 heavy (non-hydrogen) atoms. The quantitative estimate of drug-likeness (QED) is 0.680. The summed E-state index contributed by atoms with van der Waals surface area (Å²) in [5, 5.41) is 1.19. The molecule has 0 fully saturated rings. The molecule has 0 amide bonds. The first-order valence-corrected chi connectivity index (χ1v) is 7.72. The Morgan fingerprint density at radius 1 is 1.00 bits per heavy atom. The van der Waals surface area contributed by atoms with E-state index in [1.807, 2.05) is 18.2 Å². The fraction of sp³-hybridized carbons (Fsp3) is 0.167. The van der Waals surface area contributed by atoms with Crippen LogP contribution in [-0.4, -0.2) is 12.1 Å². The summed E-state index contributed by atoms with van der Waals surface area (Å²) in [5.41, 5.74) is 3.46. The SMILES string of the molecule is COc1ccc(CCc2ccc3ccccc3n2)cc1Br.